The van der Waals surface area contributed by atoms with Crippen molar-refractivity contribution < 1.29 is 10.2 Å². The molecule has 0 amide bonds. The summed E-state index contributed by atoms with van der Waals surface area (Å²) in [6, 6.07) is 15.6. The first-order valence-corrected chi connectivity index (χ1v) is 8.74. The van der Waals surface area contributed by atoms with E-state index >= 15 is 0 Å². The summed E-state index contributed by atoms with van der Waals surface area (Å²) in [5, 5.41) is 19.3. The molecule has 2 nitrogen and oxygen atoms in total. The van der Waals surface area contributed by atoms with Crippen LogP contribution in [0.5, 0.6) is 11.5 Å². The SMILES string of the molecule is CCCC1(c2ccc(O)cc2)CCCCC1c1ccc(O)cc1. The van der Waals surface area contributed by atoms with Crippen molar-refractivity contribution in [1.29, 1.82) is 0 Å². The number of hydrogen-bond donors (Lipinski definition) is 2. The lowest BCUT2D eigenvalue weighted by Gasteiger charge is -2.45. The highest BCUT2D eigenvalue weighted by molar-refractivity contribution is 5.39. The number of rotatable bonds is 4. The van der Waals surface area contributed by atoms with Gasteiger partial charge in [0.2, 0.25) is 0 Å². The van der Waals surface area contributed by atoms with Gasteiger partial charge in [-0.05, 0) is 60.6 Å². The molecular formula is C21H26O2. The van der Waals surface area contributed by atoms with Gasteiger partial charge in [0.25, 0.3) is 0 Å². The average Bonchev–Trinajstić information content (AvgIpc) is 2.57. The normalized spacial score (nSPS) is 24.5. The Kier molecular flexibility index (Phi) is 4.61. The van der Waals surface area contributed by atoms with Crippen LogP contribution in [0.15, 0.2) is 48.5 Å². The molecule has 2 aromatic rings. The van der Waals surface area contributed by atoms with E-state index in [1.54, 1.807) is 12.1 Å². The molecule has 1 saturated carbocycles. The van der Waals surface area contributed by atoms with Gasteiger partial charge in [0.05, 0.1) is 0 Å². The van der Waals surface area contributed by atoms with E-state index in [1.165, 1.54) is 36.8 Å². The fourth-order valence-electron chi connectivity index (χ4n) is 4.46. The molecule has 2 unspecified atom stereocenters. The van der Waals surface area contributed by atoms with Crippen LogP contribution >= 0.6 is 0 Å². The first-order chi connectivity index (χ1) is 11.2. The molecule has 2 aromatic carbocycles. The third-order valence-electron chi connectivity index (χ3n) is 5.47. The summed E-state index contributed by atoms with van der Waals surface area (Å²) in [7, 11) is 0. The summed E-state index contributed by atoms with van der Waals surface area (Å²) < 4.78 is 0. The highest BCUT2D eigenvalue weighted by Crippen LogP contribution is 2.52. The molecule has 3 rings (SSSR count). The summed E-state index contributed by atoms with van der Waals surface area (Å²) in [5.41, 5.74) is 2.80. The molecule has 0 heterocycles. The fraction of sp³-hybridized carbons (Fsp3) is 0.429. The van der Waals surface area contributed by atoms with Crippen molar-refractivity contribution in [3.05, 3.63) is 59.7 Å². The van der Waals surface area contributed by atoms with E-state index in [4.69, 9.17) is 0 Å². The van der Waals surface area contributed by atoms with Crippen LogP contribution in [-0.2, 0) is 5.41 Å². The zero-order chi connectivity index (χ0) is 16.3. The molecule has 0 saturated heterocycles. The highest BCUT2D eigenvalue weighted by Gasteiger charge is 2.42. The van der Waals surface area contributed by atoms with Crippen molar-refractivity contribution in [3.63, 3.8) is 0 Å². The first kappa shape index (κ1) is 15.9. The van der Waals surface area contributed by atoms with E-state index in [9.17, 15) is 10.2 Å². The van der Waals surface area contributed by atoms with Gasteiger partial charge in [-0.1, -0.05) is 50.5 Å². The minimum absolute atomic E-state index is 0.137. The van der Waals surface area contributed by atoms with Crippen LogP contribution < -0.4 is 0 Å². The van der Waals surface area contributed by atoms with Crippen LogP contribution in [0.3, 0.4) is 0 Å². The summed E-state index contributed by atoms with van der Waals surface area (Å²) in [6.07, 6.45) is 7.20. The third kappa shape index (κ3) is 3.08. The second-order valence-electron chi connectivity index (χ2n) is 6.84. The highest BCUT2D eigenvalue weighted by atomic mass is 16.3. The minimum atomic E-state index is 0.137. The Morgan fingerprint density at radius 3 is 2.13 bits per heavy atom. The van der Waals surface area contributed by atoms with Gasteiger partial charge in [0.15, 0.2) is 0 Å². The van der Waals surface area contributed by atoms with Gasteiger partial charge in [-0.15, -0.1) is 0 Å². The topological polar surface area (TPSA) is 40.5 Å². The Morgan fingerprint density at radius 1 is 0.913 bits per heavy atom. The van der Waals surface area contributed by atoms with E-state index in [0.717, 1.165) is 12.8 Å². The maximum absolute atomic E-state index is 9.65. The predicted octanol–water partition coefficient (Wildman–Crippen LogP) is 5.49. The van der Waals surface area contributed by atoms with Gasteiger partial charge < -0.3 is 10.2 Å². The summed E-state index contributed by atoms with van der Waals surface area (Å²) in [4.78, 5) is 0. The summed E-state index contributed by atoms with van der Waals surface area (Å²) in [6.45, 7) is 2.25. The Hall–Kier alpha value is -1.96. The molecule has 2 heteroatoms. The smallest absolute Gasteiger partial charge is 0.115 e. The van der Waals surface area contributed by atoms with Crippen LogP contribution in [0.1, 0.15) is 62.5 Å². The molecule has 1 aliphatic rings. The number of phenols is 2. The van der Waals surface area contributed by atoms with Crippen molar-refractivity contribution in [2.24, 2.45) is 0 Å². The Morgan fingerprint density at radius 2 is 1.52 bits per heavy atom. The van der Waals surface area contributed by atoms with E-state index in [2.05, 4.69) is 31.2 Å². The van der Waals surface area contributed by atoms with Gasteiger partial charge in [-0.3, -0.25) is 0 Å². The third-order valence-corrected chi connectivity index (χ3v) is 5.47. The largest absolute Gasteiger partial charge is 0.508 e. The van der Waals surface area contributed by atoms with Crippen LogP contribution in [-0.4, -0.2) is 10.2 Å². The van der Waals surface area contributed by atoms with Gasteiger partial charge >= 0.3 is 0 Å². The molecule has 23 heavy (non-hydrogen) atoms. The number of benzene rings is 2. The number of hydrogen-bond acceptors (Lipinski definition) is 2. The molecule has 0 radical (unpaired) electrons. The van der Waals surface area contributed by atoms with E-state index < -0.39 is 0 Å². The molecule has 0 bridgehead atoms. The molecule has 2 N–H and O–H groups in total. The molecule has 2 atom stereocenters. The van der Waals surface area contributed by atoms with Crippen LogP contribution in [0.4, 0.5) is 0 Å². The second kappa shape index (κ2) is 6.66. The second-order valence-corrected chi connectivity index (χ2v) is 6.84. The van der Waals surface area contributed by atoms with Crippen LogP contribution in [0.2, 0.25) is 0 Å². The maximum Gasteiger partial charge on any atom is 0.115 e. The predicted molar refractivity (Wildman–Crippen MR) is 94.0 cm³/mol. The molecule has 0 aliphatic heterocycles. The Balaban J connectivity index is 2.06. The van der Waals surface area contributed by atoms with Crippen molar-refractivity contribution in [3.8, 4) is 11.5 Å². The number of aromatic hydroxyl groups is 2. The molecule has 122 valence electrons. The van der Waals surface area contributed by atoms with Gasteiger partial charge in [0, 0.05) is 5.41 Å². The van der Waals surface area contributed by atoms with E-state index in [1.807, 2.05) is 12.1 Å². The molecule has 1 fully saturated rings. The lowest BCUT2D eigenvalue weighted by molar-refractivity contribution is 0.228. The molecule has 0 aromatic heterocycles. The van der Waals surface area contributed by atoms with E-state index in [-0.39, 0.29) is 5.41 Å². The Labute approximate surface area is 138 Å². The summed E-state index contributed by atoms with van der Waals surface area (Å²) >= 11 is 0. The van der Waals surface area contributed by atoms with Gasteiger partial charge in [-0.25, -0.2) is 0 Å². The van der Waals surface area contributed by atoms with Crippen molar-refractivity contribution in [1.82, 2.24) is 0 Å². The Bertz CT molecular complexity index is 626. The van der Waals surface area contributed by atoms with Gasteiger partial charge in [-0.2, -0.15) is 0 Å². The van der Waals surface area contributed by atoms with E-state index in [0.29, 0.717) is 17.4 Å². The quantitative estimate of drug-likeness (QED) is 0.783. The monoisotopic (exact) mass is 310 g/mol. The average molecular weight is 310 g/mol. The zero-order valence-corrected chi connectivity index (χ0v) is 13.8. The van der Waals surface area contributed by atoms with Crippen LogP contribution in [0.25, 0.3) is 0 Å². The van der Waals surface area contributed by atoms with Crippen molar-refractivity contribution >= 4 is 0 Å². The van der Waals surface area contributed by atoms with Crippen molar-refractivity contribution in [2.75, 3.05) is 0 Å². The fourth-order valence-corrected chi connectivity index (χ4v) is 4.46. The van der Waals surface area contributed by atoms with Crippen molar-refractivity contribution in [2.45, 2.75) is 56.8 Å². The van der Waals surface area contributed by atoms with Crippen LogP contribution in [0, 0.1) is 0 Å². The zero-order valence-electron chi connectivity index (χ0n) is 13.8. The first-order valence-electron chi connectivity index (χ1n) is 8.74. The molecule has 1 aliphatic carbocycles. The minimum Gasteiger partial charge on any atom is -0.508 e. The number of phenolic OH excluding ortho intramolecular Hbond substituents is 2. The lowest BCUT2D eigenvalue weighted by atomic mass is 9.58. The lowest BCUT2D eigenvalue weighted by Crippen LogP contribution is -2.36. The van der Waals surface area contributed by atoms with Gasteiger partial charge in [0.1, 0.15) is 11.5 Å². The maximum atomic E-state index is 9.65. The molecule has 0 spiro atoms. The molecular weight excluding hydrogens is 284 g/mol. The standard InChI is InChI=1S/C21H26O2/c1-2-14-21(17-8-12-19(23)13-9-17)15-4-3-5-20(21)16-6-10-18(22)11-7-16/h6-13,20,22-23H,2-5,14-15H2,1H3. The summed E-state index contributed by atoms with van der Waals surface area (Å²) in [5.74, 6) is 1.13.